The van der Waals surface area contributed by atoms with E-state index in [1.54, 1.807) is 24.3 Å². The van der Waals surface area contributed by atoms with Gasteiger partial charge in [-0.2, -0.15) is 0 Å². The molecule has 0 saturated heterocycles. The van der Waals surface area contributed by atoms with Gasteiger partial charge in [-0.15, -0.1) is 0 Å². The summed E-state index contributed by atoms with van der Waals surface area (Å²) in [6.45, 7) is 6.83. The molecule has 0 unspecified atom stereocenters. The molecule has 0 fully saturated rings. The third kappa shape index (κ3) is 3.55. The van der Waals surface area contributed by atoms with Crippen LogP contribution in [-0.4, -0.2) is 42.8 Å². The number of Topliss-reactive ketones (excluding diaryl/α,β-unsaturated/α-hetero) is 1. The fraction of sp³-hybridized carbons (Fsp3) is 0.389. The first kappa shape index (κ1) is 19.0. The Bertz CT molecular complexity index is 979. The predicted octanol–water partition coefficient (Wildman–Crippen LogP) is 3.18. The Morgan fingerprint density at radius 2 is 1.85 bits per heavy atom. The number of carbonyl (C=O) groups is 1. The minimum atomic E-state index is -3.59. The van der Waals surface area contributed by atoms with E-state index in [-0.39, 0.29) is 17.3 Å². The van der Waals surface area contributed by atoms with Gasteiger partial charge in [-0.1, -0.05) is 6.07 Å². The van der Waals surface area contributed by atoms with Crippen LogP contribution in [0.15, 0.2) is 29.2 Å². The zero-order valence-electron chi connectivity index (χ0n) is 15.4. The molecule has 0 radical (unpaired) electrons. The van der Waals surface area contributed by atoms with Crippen LogP contribution in [0.3, 0.4) is 0 Å². The number of anilines is 1. The van der Waals surface area contributed by atoms with Crippen molar-refractivity contribution in [3.63, 3.8) is 0 Å². The average molecular weight is 394 g/mol. The van der Waals surface area contributed by atoms with E-state index in [0.29, 0.717) is 35.1 Å². The maximum Gasteiger partial charge on any atom is 0.262 e. The molecule has 26 heavy (non-hydrogen) atoms. The Morgan fingerprint density at radius 1 is 1.12 bits per heavy atom. The maximum absolute atomic E-state index is 12.5. The van der Waals surface area contributed by atoms with Crippen molar-refractivity contribution < 1.29 is 22.4 Å². The molecule has 1 heterocycles. The molecule has 0 saturated carbocycles. The number of nitrogens with one attached hydrogen (secondary N) is 1. The normalized spacial score (nSPS) is 15.2. The lowest BCUT2D eigenvalue weighted by Crippen LogP contribution is -2.26. The number of hydrogen-bond acceptors (Lipinski definition) is 5. The van der Waals surface area contributed by atoms with E-state index in [9.17, 15) is 13.2 Å². The molecule has 0 spiro atoms. The predicted molar refractivity (Wildman–Crippen MR) is 104 cm³/mol. The Kier molecular flexibility index (Phi) is 4.95. The van der Waals surface area contributed by atoms with Gasteiger partial charge in [-0.3, -0.25) is 9.52 Å². The largest absolute Gasteiger partial charge is 0.417 e. The van der Waals surface area contributed by atoms with Crippen molar-refractivity contribution in [1.29, 1.82) is 0 Å². The van der Waals surface area contributed by atoms with Crippen LogP contribution in [0.1, 0.15) is 15.9 Å². The third-order valence-corrected chi connectivity index (χ3v) is 6.70. The summed E-state index contributed by atoms with van der Waals surface area (Å²) in [4.78, 5) is 12.7. The van der Waals surface area contributed by atoms with Crippen molar-refractivity contribution in [2.24, 2.45) is 0 Å². The highest BCUT2D eigenvalue weighted by Gasteiger charge is 2.30. The van der Waals surface area contributed by atoms with Gasteiger partial charge in [0.25, 0.3) is 10.0 Å². The molecular formula is C18H23NO5SSi. The number of carbonyl (C=O) groups excluding carboxylic acids is 1. The van der Waals surface area contributed by atoms with E-state index in [4.69, 9.17) is 9.16 Å². The number of rotatable bonds is 7. The standard InChI is InChI=1S/C18H23NO5SSi/c1-23-11-15(20)13-6-7-14-18-16(25(21,22)19-14)8-5-12(17(13)18)9-10-24-26(2,3)4/h5-8,19H,9-11H2,1-4H3. The summed E-state index contributed by atoms with van der Waals surface area (Å²) in [5, 5.41) is 1.26. The van der Waals surface area contributed by atoms with Crippen LogP contribution in [0.5, 0.6) is 0 Å². The Labute approximate surface area is 154 Å². The van der Waals surface area contributed by atoms with Crippen LogP contribution in [0, 0.1) is 0 Å². The molecule has 0 amide bonds. The molecule has 2 aromatic rings. The quantitative estimate of drug-likeness (QED) is 0.577. The van der Waals surface area contributed by atoms with Gasteiger partial charge in [0, 0.05) is 24.7 Å². The summed E-state index contributed by atoms with van der Waals surface area (Å²) in [7, 11) is -3.78. The zero-order valence-corrected chi connectivity index (χ0v) is 17.2. The third-order valence-electron chi connectivity index (χ3n) is 4.22. The van der Waals surface area contributed by atoms with Crippen molar-refractivity contribution in [3.05, 3.63) is 35.4 Å². The van der Waals surface area contributed by atoms with E-state index in [1.807, 2.05) is 0 Å². The highest BCUT2D eigenvalue weighted by Crippen LogP contribution is 2.41. The molecule has 1 N–H and O–H groups in total. The van der Waals surface area contributed by atoms with E-state index < -0.39 is 18.3 Å². The summed E-state index contributed by atoms with van der Waals surface area (Å²) < 4.78 is 38.2. The van der Waals surface area contributed by atoms with Gasteiger partial charge in [0.2, 0.25) is 0 Å². The minimum absolute atomic E-state index is 0.0519. The lowest BCUT2D eigenvalue weighted by Gasteiger charge is -2.18. The molecule has 2 aromatic carbocycles. The van der Waals surface area contributed by atoms with Crippen molar-refractivity contribution >= 4 is 40.6 Å². The van der Waals surface area contributed by atoms with Crippen LogP contribution < -0.4 is 4.72 Å². The van der Waals surface area contributed by atoms with Gasteiger partial charge in [0.15, 0.2) is 14.1 Å². The number of ether oxygens (including phenoxy) is 1. The highest BCUT2D eigenvalue weighted by molar-refractivity contribution is 7.93. The molecule has 140 valence electrons. The number of methoxy groups -OCH3 is 1. The Hall–Kier alpha value is -1.74. The number of benzene rings is 2. The van der Waals surface area contributed by atoms with Crippen LogP contribution in [-0.2, 0) is 25.6 Å². The van der Waals surface area contributed by atoms with Crippen LogP contribution in [0.4, 0.5) is 5.69 Å². The van der Waals surface area contributed by atoms with Crippen molar-refractivity contribution in [2.45, 2.75) is 31.0 Å². The molecule has 0 aliphatic carbocycles. The second kappa shape index (κ2) is 6.77. The van der Waals surface area contributed by atoms with Crippen LogP contribution in [0.25, 0.3) is 10.8 Å². The summed E-state index contributed by atoms with van der Waals surface area (Å²) in [6, 6.07) is 6.69. The molecule has 0 bridgehead atoms. The molecular weight excluding hydrogens is 370 g/mol. The zero-order chi connectivity index (χ0) is 19.1. The number of hydrogen-bond donors (Lipinski definition) is 1. The van der Waals surface area contributed by atoms with E-state index in [1.165, 1.54) is 7.11 Å². The monoisotopic (exact) mass is 393 g/mol. The number of sulfonamides is 1. The lowest BCUT2D eigenvalue weighted by molar-refractivity contribution is 0.0849. The van der Waals surface area contributed by atoms with Gasteiger partial charge >= 0.3 is 0 Å². The van der Waals surface area contributed by atoms with Crippen LogP contribution in [0.2, 0.25) is 19.6 Å². The van der Waals surface area contributed by atoms with Gasteiger partial charge in [-0.05, 0) is 55.2 Å². The average Bonchev–Trinajstić information content (AvgIpc) is 2.80. The summed E-state index contributed by atoms with van der Waals surface area (Å²) in [5.41, 5.74) is 1.90. The van der Waals surface area contributed by atoms with E-state index in [0.717, 1.165) is 5.56 Å². The lowest BCUT2D eigenvalue weighted by atomic mass is 9.94. The SMILES string of the molecule is COCC(=O)c1ccc2c3c(ccc(CCO[Si](C)(C)C)c13)S(=O)(=O)N2. The van der Waals surface area contributed by atoms with Gasteiger partial charge in [0.1, 0.15) is 6.61 Å². The van der Waals surface area contributed by atoms with E-state index in [2.05, 4.69) is 24.4 Å². The van der Waals surface area contributed by atoms with Gasteiger partial charge < -0.3 is 9.16 Å². The number of ketones is 1. The fourth-order valence-corrected chi connectivity index (χ4v) is 5.17. The van der Waals surface area contributed by atoms with Crippen LogP contribution >= 0.6 is 0 Å². The topological polar surface area (TPSA) is 81.7 Å². The minimum Gasteiger partial charge on any atom is -0.417 e. The molecule has 3 rings (SSSR count). The molecule has 0 aromatic heterocycles. The first-order valence-corrected chi connectivity index (χ1v) is 13.3. The maximum atomic E-state index is 12.5. The first-order valence-electron chi connectivity index (χ1n) is 8.41. The van der Waals surface area contributed by atoms with E-state index >= 15 is 0 Å². The molecule has 1 aliphatic rings. The van der Waals surface area contributed by atoms with Crippen molar-refractivity contribution in [3.8, 4) is 0 Å². The highest BCUT2D eigenvalue weighted by atomic mass is 32.2. The molecule has 8 heteroatoms. The Morgan fingerprint density at radius 3 is 2.50 bits per heavy atom. The van der Waals surface area contributed by atoms with Crippen molar-refractivity contribution in [2.75, 3.05) is 25.0 Å². The summed E-state index contributed by atoms with van der Waals surface area (Å²) >= 11 is 0. The van der Waals surface area contributed by atoms with Crippen molar-refractivity contribution in [1.82, 2.24) is 0 Å². The fourth-order valence-electron chi connectivity index (χ4n) is 3.16. The Balaban J connectivity index is 2.15. The molecule has 1 aliphatic heterocycles. The second-order valence-electron chi connectivity index (χ2n) is 7.31. The first-order chi connectivity index (χ1) is 12.1. The van der Waals surface area contributed by atoms with Gasteiger partial charge in [0.05, 0.1) is 10.6 Å². The van der Waals surface area contributed by atoms with Gasteiger partial charge in [-0.25, -0.2) is 8.42 Å². The summed E-state index contributed by atoms with van der Waals surface area (Å²) in [5.74, 6) is -0.173. The molecule has 6 nitrogen and oxygen atoms in total. The summed E-state index contributed by atoms with van der Waals surface area (Å²) in [6.07, 6.45) is 0.609. The smallest absolute Gasteiger partial charge is 0.262 e. The molecule has 0 atom stereocenters. The second-order valence-corrected chi connectivity index (χ2v) is 13.5.